The highest BCUT2D eigenvalue weighted by molar-refractivity contribution is 7.89. The summed E-state index contributed by atoms with van der Waals surface area (Å²) in [5.74, 6) is 4.46. The topological polar surface area (TPSA) is 66.4 Å². The van der Waals surface area contributed by atoms with Crippen LogP contribution in [0.4, 0.5) is 4.39 Å². The summed E-state index contributed by atoms with van der Waals surface area (Å²) in [6.07, 6.45) is 2.94. The van der Waals surface area contributed by atoms with E-state index in [1.165, 1.54) is 12.1 Å². The van der Waals surface area contributed by atoms with Gasteiger partial charge in [-0.1, -0.05) is 31.6 Å². The molecule has 0 heterocycles. The smallest absolute Gasteiger partial charge is 0.240 e. The minimum atomic E-state index is -3.68. The van der Waals surface area contributed by atoms with E-state index in [9.17, 15) is 12.8 Å². The molecule has 2 N–H and O–H groups in total. The highest BCUT2D eigenvalue weighted by Gasteiger charge is 2.15. The number of hydrogen-bond donors (Lipinski definition) is 2. The van der Waals surface area contributed by atoms with E-state index in [4.69, 9.17) is 5.11 Å². The molecule has 0 fully saturated rings. The van der Waals surface area contributed by atoms with Crippen LogP contribution in [0.1, 0.15) is 38.2 Å². The zero-order chi connectivity index (χ0) is 15.7. The first kappa shape index (κ1) is 17.6. The summed E-state index contributed by atoms with van der Waals surface area (Å²) in [4.78, 5) is -0.107. The predicted octanol–water partition coefficient (Wildman–Crippen LogP) is 2.03. The van der Waals surface area contributed by atoms with Gasteiger partial charge in [0.05, 0.1) is 17.1 Å². The molecule has 1 aromatic carbocycles. The van der Waals surface area contributed by atoms with E-state index in [0.29, 0.717) is 6.54 Å². The third-order valence-corrected chi connectivity index (χ3v) is 4.24. The minimum absolute atomic E-state index is 0.0945. The number of aliphatic hydroxyl groups is 1. The van der Waals surface area contributed by atoms with Crippen LogP contribution >= 0.6 is 0 Å². The van der Waals surface area contributed by atoms with Crippen molar-refractivity contribution in [3.05, 3.63) is 29.6 Å². The summed E-state index contributed by atoms with van der Waals surface area (Å²) >= 11 is 0. The van der Waals surface area contributed by atoms with Gasteiger partial charge >= 0.3 is 0 Å². The third-order valence-electron chi connectivity index (χ3n) is 2.78. The number of nitrogens with one attached hydrogen (secondary N) is 1. The van der Waals surface area contributed by atoms with Crippen LogP contribution in [0.15, 0.2) is 23.1 Å². The molecule has 0 aliphatic heterocycles. The van der Waals surface area contributed by atoms with E-state index in [-0.39, 0.29) is 23.5 Å². The van der Waals surface area contributed by atoms with Gasteiger partial charge in [0, 0.05) is 13.0 Å². The Bertz CT molecular complexity index is 618. The molecule has 0 bridgehead atoms. The molecule has 0 radical (unpaired) electrons. The fourth-order valence-corrected chi connectivity index (χ4v) is 2.73. The van der Waals surface area contributed by atoms with Crippen LogP contribution in [0.3, 0.4) is 0 Å². The molecular formula is C15H20FNO3S. The maximum atomic E-state index is 13.8. The fraction of sp³-hybridized carbons (Fsp3) is 0.467. The van der Waals surface area contributed by atoms with Crippen molar-refractivity contribution < 1.29 is 17.9 Å². The van der Waals surface area contributed by atoms with Crippen LogP contribution < -0.4 is 4.72 Å². The summed E-state index contributed by atoms with van der Waals surface area (Å²) in [6, 6.07) is 3.62. The normalized spacial score (nSPS) is 11.0. The molecule has 6 heteroatoms. The van der Waals surface area contributed by atoms with E-state index in [1.54, 1.807) is 0 Å². The average molecular weight is 313 g/mol. The Morgan fingerprint density at radius 3 is 2.71 bits per heavy atom. The van der Waals surface area contributed by atoms with Crippen molar-refractivity contribution >= 4 is 10.0 Å². The molecule has 0 unspecified atom stereocenters. The average Bonchev–Trinajstić information content (AvgIpc) is 2.45. The van der Waals surface area contributed by atoms with Gasteiger partial charge in [0.1, 0.15) is 5.82 Å². The van der Waals surface area contributed by atoms with Crippen LogP contribution in [0.2, 0.25) is 0 Å². The quantitative estimate of drug-likeness (QED) is 0.598. The second kappa shape index (κ2) is 8.78. The third kappa shape index (κ3) is 5.84. The van der Waals surface area contributed by atoms with E-state index >= 15 is 0 Å². The lowest BCUT2D eigenvalue weighted by Crippen LogP contribution is -2.24. The maximum absolute atomic E-state index is 13.8. The highest BCUT2D eigenvalue weighted by Crippen LogP contribution is 2.14. The van der Waals surface area contributed by atoms with Gasteiger partial charge in [0.25, 0.3) is 0 Å². The second-order valence-electron chi connectivity index (χ2n) is 4.52. The molecule has 1 rings (SSSR count). The van der Waals surface area contributed by atoms with Crippen molar-refractivity contribution in [2.45, 2.75) is 37.5 Å². The second-order valence-corrected chi connectivity index (χ2v) is 6.29. The number of halogens is 1. The number of rotatable bonds is 7. The Balaban J connectivity index is 2.80. The number of hydrogen-bond acceptors (Lipinski definition) is 3. The predicted molar refractivity (Wildman–Crippen MR) is 79.7 cm³/mol. The van der Waals surface area contributed by atoms with Gasteiger partial charge < -0.3 is 5.11 Å². The molecule has 0 saturated carbocycles. The maximum Gasteiger partial charge on any atom is 0.240 e. The molecule has 0 atom stereocenters. The van der Waals surface area contributed by atoms with E-state index in [1.807, 2.05) is 6.92 Å². The van der Waals surface area contributed by atoms with Gasteiger partial charge in [-0.3, -0.25) is 0 Å². The van der Waals surface area contributed by atoms with Gasteiger partial charge in [-0.05, 0) is 24.6 Å². The molecule has 4 nitrogen and oxygen atoms in total. The summed E-state index contributed by atoms with van der Waals surface area (Å²) in [6.45, 7) is 2.28. The van der Waals surface area contributed by atoms with Crippen molar-refractivity contribution in [3.63, 3.8) is 0 Å². The summed E-state index contributed by atoms with van der Waals surface area (Å²) < 4.78 is 40.2. The van der Waals surface area contributed by atoms with Gasteiger partial charge in [-0.25, -0.2) is 17.5 Å². The summed E-state index contributed by atoms with van der Waals surface area (Å²) in [5, 5.41) is 8.60. The van der Waals surface area contributed by atoms with Crippen LogP contribution in [-0.2, 0) is 10.0 Å². The van der Waals surface area contributed by atoms with Crippen molar-refractivity contribution in [1.29, 1.82) is 0 Å². The SMILES string of the molecule is CCCCCNS(=O)(=O)c1ccc(C#CCCO)c(F)c1. The first-order chi connectivity index (χ1) is 10.0. The van der Waals surface area contributed by atoms with Crippen LogP contribution in [-0.4, -0.2) is 26.7 Å². The Morgan fingerprint density at radius 2 is 2.10 bits per heavy atom. The first-order valence-corrected chi connectivity index (χ1v) is 8.38. The molecule has 0 saturated heterocycles. The van der Waals surface area contributed by atoms with Crippen molar-refractivity contribution in [3.8, 4) is 11.8 Å². The summed E-state index contributed by atoms with van der Waals surface area (Å²) in [7, 11) is -3.68. The number of aliphatic hydroxyl groups excluding tert-OH is 1. The molecule has 0 aliphatic rings. The van der Waals surface area contributed by atoms with Crippen molar-refractivity contribution in [1.82, 2.24) is 4.72 Å². The Labute approximate surface area is 125 Å². The number of sulfonamides is 1. The van der Waals surface area contributed by atoms with Crippen molar-refractivity contribution in [2.24, 2.45) is 0 Å². The Morgan fingerprint density at radius 1 is 1.33 bits per heavy atom. The molecule has 0 aromatic heterocycles. The number of unbranched alkanes of at least 4 members (excludes halogenated alkanes) is 2. The van der Waals surface area contributed by atoms with E-state index in [2.05, 4.69) is 16.6 Å². The lowest BCUT2D eigenvalue weighted by Gasteiger charge is -2.07. The van der Waals surface area contributed by atoms with Crippen molar-refractivity contribution in [2.75, 3.05) is 13.2 Å². The lowest BCUT2D eigenvalue weighted by atomic mass is 10.2. The lowest BCUT2D eigenvalue weighted by molar-refractivity contribution is 0.305. The molecule has 0 aliphatic carbocycles. The van der Waals surface area contributed by atoms with Crippen LogP contribution in [0, 0.1) is 17.7 Å². The van der Waals surface area contributed by atoms with Gasteiger partial charge in [-0.2, -0.15) is 0 Å². The zero-order valence-corrected chi connectivity index (χ0v) is 12.8. The summed E-state index contributed by atoms with van der Waals surface area (Å²) in [5.41, 5.74) is 0.119. The first-order valence-electron chi connectivity index (χ1n) is 6.90. The molecule has 1 aromatic rings. The van der Waals surface area contributed by atoms with Gasteiger partial charge in [0.15, 0.2) is 0 Å². The van der Waals surface area contributed by atoms with Gasteiger partial charge in [0.2, 0.25) is 10.0 Å². The largest absolute Gasteiger partial charge is 0.395 e. The van der Waals surface area contributed by atoms with Crippen LogP contribution in [0.25, 0.3) is 0 Å². The molecule has 0 amide bonds. The van der Waals surface area contributed by atoms with Crippen LogP contribution in [0.5, 0.6) is 0 Å². The van der Waals surface area contributed by atoms with E-state index in [0.717, 1.165) is 25.3 Å². The zero-order valence-electron chi connectivity index (χ0n) is 12.0. The van der Waals surface area contributed by atoms with Gasteiger partial charge in [-0.15, -0.1) is 0 Å². The fourth-order valence-electron chi connectivity index (χ4n) is 1.64. The molecule has 21 heavy (non-hydrogen) atoms. The standard InChI is InChI=1S/C15H20FNO3S/c1-2-3-5-10-17-21(19,20)14-9-8-13(15(16)12-14)7-4-6-11-18/h8-9,12,17-18H,2-3,5-6,10-11H2,1H3. The molecule has 0 spiro atoms. The number of benzene rings is 1. The highest BCUT2D eigenvalue weighted by atomic mass is 32.2. The Kier molecular flexibility index (Phi) is 7.37. The molecule has 116 valence electrons. The van der Waals surface area contributed by atoms with E-state index < -0.39 is 15.8 Å². The minimum Gasteiger partial charge on any atom is -0.395 e. The Hall–Kier alpha value is -1.42. The molecular weight excluding hydrogens is 293 g/mol. The monoisotopic (exact) mass is 313 g/mol.